The number of hydrogen-bond donors (Lipinski definition) is 1. The van der Waals surface area contributed by atoms with E-state index in [1.54, 1.807) is 23.1 Å². The van der Waals surface area contributed by atoms with Crippen LogP contribution in [0.4, 0.5) is 0 Å². The first-order valence-electron chi connectivity index (χ1n) is 7.60. The fourth-order valence-electron chi connectivity index (χ4n) is 2.48. The topological polar surface area (TPSA) is 82.8 Å². The van der Waals surface area contributed by atoms with E-state index >= 15 is 0 Å². The smallest absolute Gasteiger partial charge is 0.264 e. The van der Waals surface area contributed by atoms with Crippen LogP contribution in [-0.4, -0.2) is 49.3 Å². The molecule has 0 aromatic heterocycles. The van der Waals surface area contributed by atoms with Crippen molar-refractivity contribution >= 4 is 12.0 Å². The van der Waals surface area contributed by atoms with E-state index in [2.05, 4.69) is 6.58 Å². The number of aromatic hydroxyl groups is 1. The van der Waals surface area contributed by atoms with E-state index < -0.39 is 0 Å². The molecule has 1 aromatic carbocycles. The zero-order valence-corrected chi connectivity index (χ0v) is 13.6. The lowest BCUT2D eigenvalue weighted by atomic mass is 10.0. The Morgan fingerprint density at radius 2 is 2.21 bits per heavy atom. The SMILES string of the molecule is C=CCc1cc(/C=C(/C#N)C(=O)N2CCOCC2)cc(OC)c1O. The molecule has 0 atom stereocenters. The Morgan fingerprint density at radius 3 is 2.79 bits per heavy atom. The van der Waals surface area contributed by atoms with Gasteiger partial charge in [0.05, 0.1) is 20.3 Å². The molecule has 1 aliphatic heterocycles. The summed E-state index contributed by atoms with van der Waals surface area (Å²) in [5.74, 6) is 0.00221. The molecule has 6 heteroatoms. The van der Waals surface area contributed by atoms with Crippen molar-refractivity contribution in [3.05, 3.63) is 41.5 Å². The Kier molecular flexibility index (Phi) is 5.99. The predicted molar refractivity (Wildman–Crippen MR) is 89.5 cm³/mol. The number of carbonyl (C=O) groups is 1. The molecule has 0 spiro atoms. The van der Waals surface area contributed by atoms with E-state index in [1.165, 1.54) is 13.2 Å². The molecule has 1 N–H and O–H groups in total. The maximum atomic E-state index is 12.4. The summed E-state index contributed by atoms with van der Waals surface area (Å²) in [4.78, 5) is 14.0. The summed E-state index contributed by atoms with van der Waals surface area (Å²) in [7, 11) is 1.45. The van der Waals surface area contributed by atoms with Crippen LogP contribution in [0, 0.1) is 11.3 Å². The van der Waals surface area contributed by atoms with Crippen LogP contribution in [0.15, 0.2) is 30.4 Å². The first-order chi connectivity index (χ1) is 11.6. The van der Waals surface area contributed by atoms with Gasteiger partial charge in [0.1, 0.15) is 11.6 Å². The highest BCUT2D eigenvalue weighted by Crippen LogP contribution is 2.32. The van der Waals surface area contributed by atoms with E-state index in [0.717, 1.165) is 0 Å². The lowest BCUT2D eigenvalue weighted by Crippen LogP contribution is -2.41. The second kappa shape index (κ2) is 8.18. The van der Waals surface area contributed by atoms with Gasteiger partial charge in [-0.25, -0.2) is 0 Å². The predicted octanol–water partition coefficient (Wildman–Crippen LogP) is 1.90. The summed E-state index contributed by atoms with van der Waals surface area (Å²) in [5, 5.41) is 19.4. The molecule has 0 unspecified atom stereocenters. The van der Waals surface area contributed by atoms with Crippen LogP contribution in [0.1, 0.15) is 11.1 Å². The Balaban J connectivity index is 2.36. The van der Waals surface area contributed by atoms with Crippen molar-refractivity contribution in [2.45, 2.75) is 6.42 Å². The number of hydrogen-bond acceptors (Lipinski definition) is 5. The molecule has 1 aliphatic rings. The van der Waals surface area contributed by atoms with E-state index in [1.807, 2.05) is 6.07 Å². The van der Waals surface area contributed by atoms with Crippen molar-refractivity contribution in [1.82, 2.24) is 4.90 Å². The number of amides is 1. The van der Waals surface area contributed by atoms with Crippen LogP contribution >= 0.6 is 0 Å². The highest BCUT2D eigenvalue weighted by Gasteiger charge is 2.21. The summed E-state index contributed by atoms with van der Waals surface area (Å²) >= 11 is 0. The molecule has 0 radical (unpaired) electrons. The van der Waals surface area contributed by atoms with Crippen LogP contribution in [0.3, 0.4) is 0 Å². The number of phenols is 1. The van der Waals surface area contributed by atoms with Crippen molar-refractivity contribution in [2.75, 3.05) is 33.4 Å². The number of carbonyl (C=O) groups excluding carboxylic acids is 1. The Labute approximate surface area is 141 Å². The summed E-state index contributed by atoms with van der Waals surface area (Å²) in [6.07, 6.45) is 3.61. The van der Waals surface area contributed by atoms with Crippen LogP contribution in [0.25, 0.3) is 6.08 Å². The van der Waals surface area contributed by atoms with Crippen molar-refractivity contribution in [3.63, 3.8) is 0 Å². The van der Waals surface area contributed by atoms with E-state index in [-0.39, 0.29) is 23.0 Å². The molecule has 0 saturated carbocycles. The van der Waals surface area contributed by atoms with E-state index in [9.17, 15) is 15.2 Å². The van der Waals surface area contributed by atoms with Crippen LogP contribution < -0.4 is 4.74 Å². The van der Waals surface area contributed by atoms with E-state index in [0.29, 0.717) is 43.9 Å². The van der Waals surface area contributed by atoms with Gasteiger partial charge in [0, 0.05) is 18.7 Å². The maximum Gasteiger partial charge on any atom is 0.264 e. The fraction of sp³-hybridized carbons (Fsp3) is 0.333. The molecule has 1 heterocycles. The van der Waals surface area contributed by atoms with Gasteiger partial charge >= 0.3 is 0 Å². The Morgan fingerprint density at radius 1 is 1.50 bits per heavy atom. The normalized spacial score (nSPS) is 14.8. The average molecular weight is 328 g/mol. The number of phenolic OH excluding ortho intramolecular Hbond substituents is 1. The minimum atomic E-state index is -0.321. The number of benzene rings is 1. The number of rotatable bonds is 5. The second-order valence-corrected chi connectivity index (χ2v) is 5.30. The van der Waals surface area contributed by atoms with E-state index in [4.69, 9.17) is 9.47 Å². The standard InChI is InChI=1S/C18H20N2O4/c1-3-4-14-9-13(11-16(23-2)17(14)21)10-15(12-19)18(22)20-5-7-24-8-6-20/h3,9-11,21H,1,4-8H2,2H3/b15-10-. The number of nitrogens with zero attached hydrogens (tertiary/aromatic N) is 2. The number of allylic oxidation sites excluding steroid dienone is 1. The largest absolute Gasteiger partial charge is 0.504 e. The highest BCUT2D eigenvalue weighted by molar-refractivity contribution is 6.01. The van der Waals surface area contributed by atoms with Gasteiger partial charge in [-0.2, -0.15) is 5.26 Å². The van der Waals surface area contributed by atoms with Crippen LogP contribution in [0.2, 0.25) is 0 Å². The fourth-order valence-corrected chi connectivity index (χ4v) is 2.48. The van der Waals surface area contributed by atoms with Gasteiger partial charge in [-0.1, -0.05) is 6.08 Å². The number of methoxy groups -OCH3 is 1. The summed E-state index contributed by atoms with van der Waals surface area (Å²) in [6, 6.07) is 5.26. The van der Waals surface area contributed by atoms with Crippen molar-refractivity contribution in [2.24, 2.45) is 0 Å². The minimum absolute atomic E-state index is 0.0348. The Hall–Kier alpha value is -2.78. The monoisotopic (exact) mass is 328 g/mol. The van der Waals surface area contributed by atoms with Gasteiger partial charge in [-0.15, -0.1) is 6.58 Å². The highest BCUT2D eigenvalue weighted by atomic mass is 16.5. The van der Waals surface area contributed by atoms with Crippen molar-refractivity contribution < 1.29 is 19.4 Å². The first-order valence-corrected chi connectivity index (χ1v) is 7.60. The second-order valence-electron chi connectivity index (χ2n) is 5.30. The summed E-state index contributed by atoms with van der Waals surface area (Å²) in [6.45, 7) is 5.54. The molecule has 126 valence electrons. The molecule has 1 aromatic rings. The summed E-state index contributed by atoms with van der Waals surface area (Å²) < 4.78 is 10.4. The maximum absolute atomic E-state index is 12.4. The van der Waals surface area contributed by atoms with Crippen LogP contribution in [-0.2, 0) is 16.0 Å². The van der Waals surface area contributed by atoms with Crippen molar-refractivity contribution in [1.29, 1.82) is 5.26 Å². The molecular weight excluding hydrogens is 308 g/mol. The molecule has 1 amide bonds. The molecule has 6 nitrogen and oxygen atoms in total. The lowest BCUT2D eigenvalue weighted by molar-refractivity contribution is -0.130. The molecular formula is C18H20N2O4. The molecule has 0 bridgehead atoms. The molecule has 1 fully saturated rings. The van der Waals surface area contributed by atoms with Gasteiger partial charge in [0.2, 0.25) is 0 Å². The summed E-state index contributed by atoms with van der Waals surface area (Å²) in [5.41, 5.74) is 1.26. The number of morpholine rings is 1. The zero-order chi connectivity index (χ0) is 17.5. The number of ether oxygens (including phenoxy) is 2. The Bertz CT molecular complexity index is 698. The number of nitriles is 1. The molecule has 24 heavy (non-hydrogen) atoms. The first kappa shape index (κ1) is 17.6. The van der Waals surface area contributed by atoms with Crippen LogP contribution in [0.5, 0.6) is 11.5 Å². The third kappa shape index (κ3) is 3.94. The quantitative estimate of drug-likeness (QED) is 0.507. The molecule has 1 saturated heterocycles. The lowest BCUT2D eigenvalue weighted by Gasteiger charge is -2.26. The third-order valence-corrected chi connectivity index (χ3v) is 3.72. The molecule has 2 rings (SSSR count). The van der Waals surface area contributed by atoms with Gasteiger partial charge < -0.3 is 19.5 Å². The van der Waals surface area contributed by atoms with Crippen molar-refractivity contribution in [3.8, 4) is 17.6 Å². The minimum Gasteiger partial charge on any atom is -0.504 e. The zero-order valence-electron chi connectivity index (χ0n) is 13.6. The van der Waals surface area contributed by atoms with Gasteiger partial charge in [0.25, 0.3) is 5.91 Å². The third-order valence-electron chi connectivity index (χ3n) is 3.72. The van der Waals surface area contributed by atoms with Gasteiger partial charge in [0.15, 0.2) is 11.5 Å². The van der Waals surface area contributed by atoms with Gasteiger partial charge in [-0.05, 0) is 30.2 Å². The average Bonchev–Trinajstić information content (AvgIpc) is 2.62. The molecule has 0 aliphatic carbocycles. The van der Waals surface area contributed by atoms with Gasteiger partial charge in [-0.3, -0.25) is 4.79 Å².